The van der Waals surface area contributed by atoms with Gasteiger partial charge in [0.05, 0.1) is 39.2 Å². The topological polar surface area (TPSA) is 43.3 Å². The summed E-state index contributed by atoms with van der Waals surface area (Å²) < 4.78 is 8.04. The maximum Gasteiger partial charge on any atom is 0.136 e. The van der Waals surface area contributed by atoms with E-state index in [2.05, 4.69) is 56.8 Å². The van der Waals surface area contributed by atoms with Gasteiger partial charge in [0.1, 0.15) is 11.9 Å². The Bertz CT molecular complexity index is 1640. The molecule has 120 valence electrons. The van der Waals surface area contributed by atoms with Crippen LogP contribution in [-0.4, -0.2) is 14.4 Å². The minimum Gasteiger partial charge on any atom is -0.464 e. The Morgan fingerprint density at radius 2 is 1.65 bits per heavy atom. The van der Waals surface area contributed by atoms with Gasteiger partial charge in [-0.1, -0.05) is 18.2 Å². The second-order valence-corrected chi connectivity index (χ2v) is 6.72. The van der Waals surface area contributed by atoms with Crippen LogP contribution in [-0.2, 0) is 0 Å². The van der Waals surface area contributed by atoms with Crippen molar-refractivity contribution in [2.24, 2.45) is 0 Å². The largest absolute Gasteiger partial charge is 0.464 e. The Balaban J connectivity index is 2.04. The fourth-order valence-electron chi connectivity index (χ4n) is 4.50. The zero-order chi connectivity index (χ0) is 16.8. The van der Waals surface area contributed by atoms with Crippen LogP contribution in [0.25, 0.3) is 60.1 Å². The Morgan fingerprint density at radius 3 is 2.65 bits per heavy atom. The minimum absolute atomic E-state index is 0.888. The first-order valence-corrected chi connectivity index (χ1v) is 8.59. The number of fused-ring (bicyclic) bond motifs is 8. The molecule has 4 aromatic heterocycles. The van der Waals surface area contributed by atoms with E-state index in [0.29, 0.717) is 0 Å². The average molecular weight is 333 g/mol. The van der Waals surface area contributed by atoms with E-state index in [0.717, 1.165) is 38.3 Å². The molecule has 0 aliphatic rings. The van der Waals surface area contributed by atoms with E-state index in [4.69, 9.17) is 4.42 Å². The number of hydrogen-bond acceptors (Lipinski definition) is 3. The van der Waals surface area contributed by atoms with E-state index in [1.807, 2.05) is 12.1 Å². The molecule has 0 bridgehead atoms. The van der Waals surface area contributed by atoms with Gasteiger partial charge in [0.2, 0.25) is 0 Å². The lowest BCUT2D eigenvalue weighted by atomic mass is 10.0. The predicted molar refractivity (Wildman–Crippen MR) is 104 cm³/mol. The summed E-state index contributed by atoms with van der Waals surface area (Å²) in [6, 6.07) is 19.0. The molecule has 0 N–H and O–H groups in total. The lowest BCUT2D eigenvalue weighted by Crippen LogP contribution is -1.95. The highest BCUT2D eigenvalue weighted by Crippen LogP contribution is 2.41. The smallest absolute Gasteiger partial charge is 0.136 e. The van der Waals surface area contributed by atoms with Crippen LogP contribution in [0.1, 0.15) is 0 Å². The number of pyridine rings is 1. The summed E-state index contributed by atoms with van der Waals surface area (Å²) in [5.41, 5.74) is 6.37. The maximum atomic E-state index is 5.68. The normalized spacial score (nSPS) is 12.6. The van der Waals surface area contributed by atoms with Gasteiger partial charge in [0.25, 0.3) is 0 Å². The molecule has 7 rings (SSSR count). The van der Waals surface area contributed by atoms with Gasteiger partial charge in [-0.05, 0) is 36.4 Å². The van der Waals surface area contributed by atoms with Crippen LogP contribution < -0.4 is 0 Å². The molecule has 3 aromatic carbocycles. The average Bonchev–Trinajstić information content (AvgIpc) is 3.30. The highest BCUT2D eigenvalue weighted by molar-refractivity contribution is 6.29. The molecule has 4 heteroatoms. The SMILES string of the molecule is c1ccc2c(c1)c1ccc3ncnc4c5ccc6occc6c5n2c1c34. The molecular formula is C22H11N3O. The Kier molecular flexibility index (Phi) is 2.00. The first kappa shape index (κ1) is 12.7. The third-order valence-corrected chi connectivity index (χ3v) is 5.52. The number of aromatic nitrogens is 3. The summed E-state index contributed by atoms with van der Waals surface area (Å²) in [5.74, 6) is 0. The Hall–Kier alpha value is -3.66. The summed E-state index contributed by atoms with van der Waals surface area (Å²) in [6.45, 7) is 0. The van der Waals surface area contributed by atoms with Crippen LogP contribution in [0.3, 0.4) is 0 Å². The monoisotopic (exact) mass is 333 g/mol. The van der Waals surface area contributed by atoms with E-state index in [1.165, 1.54) is 21.8 Å². The van der Waals surface area contributed by atoms with Crippen LogP contribution >= 0.6 is 0 Å². The van der Waals surface area contributed by atoms with Crippen LogP contribution in [0.5, 0.6) is 0 Å². The number of benzene rings is 3. The third kappa shape index (κ3) is 1.27. The molecule has 0 saturated carbocycles. The molecule has 0 unspecified atom stereocenters. The van der Waals surface area contributed by atoms with E-state index < -0.39 is 0 Å². The zero-order valence-electron chi connectivity index (χ0n) is 13.6. The molecule has 0 saturated heterocycles. The zero-order valence-corrected chi connectivity index (χ0v) is 13.6. The molecule has 26 heavy (non-hydrogen) atoms. The Morgan fingerprint density at radius 1 is 0.731 bits per heavy atom. The lowest BCUT2D eigenvalue weighted by molar-refractivity contribution is 0.616. The number of furan rings is 1. The van der Waals surface area contributed by atoms with Gasteiger partial charge in [-0.25, -0.2) is 9.97 Å². The summed E-state index contributed by atoms with van der Waals surface area (Å²) >= 11 is 0. The molecule has 0 atom stereocenters. The highest BCUT2D eigenvalue weighted by atomic mass is 16.3. The first-order valence-electron chi connectivity index (χ1n) is 8.59. The minimum atomic E-state index is 0.888. The van der Waals surface area contributed by atoms with Gasteiger partial charge >= 0.3 is 0 Å². The molecule has 4 nitrogen and oxygen atoms in total. The van der Waals surface area contributed by atoms with Gasteiger partial charge in [-0.2, -0.15) is 0 Å². The molecule has 0 amide bonds. The number of nitrogens with zero attached hydrogens (tertiary/aromatic N) is 3. The van der Waals surface area contributed by atoms with Crippen molar-refractivity contribution in [2.45, 2.75) is 0 Å². The molecule has 0 fully saturated rings. The summed E-state index contributed by atoms with van der Waals surface area (Å²) in [6.07, 6.45) is 3.41. The van der Waals surface area contributed by atoms with E-state index in [-0.39, 0.29) is 0 Å². The highest BCUT2D eigenvalue weighted by Gasteiger charge is 2.20. The lowest BCUT2D eigenvalue weighted by Gasteiger charge is -2.12. The van der Waals surface area contributed by atoms with Crippen LogP contribution in [0.15, 0.2) is 71.6 Å². The quantitative estimate of drug-likeness (QED) is 0.271. The second kappa shape index (κ2) is 4.11. The van der Waals surface area contributed by atoms with Crippen molar-refractivity contribution in [3.63, 3.8) is 0 Å². The van der Waals surface area contributed by atoms with Crippen molar-refractivity contribution < 1.29 is 4.42 Å². The molecule has 4 heterocycles. The first-order chi connectivity index (χ1) is 12.9. The number of rotatable bonds is 0. The molecule has 0 aliphatic carbocycles. The van der Waals surface area contributed by atoms with Crippen molar-refractivity contribution >= 4 is 60.1 Å². The van der Waals surface area contributed by atoms with Crippen molar-refractivity contribution in [2.75, 3.05) is 0 Å². The number of hydrogen-bond donors (Lipinski definition) is 0. The molecule has 7 aromatic rings. The summed E-state index contributed by atoms with van der Waals surface area (Å²) in [5, 5.41) is 5.82. The standard InChI is InChI=1S/C22H11N3O/c1-2-4-17-12(3-1)13-5-7-16-19-20(24-11-23-16)15-6-8-18-14(9-10-26-18)21(15)25(17)22(13)19/h1-11H. The van der Waals surface area contributed by atoms with Crippen molar-refractivity contribution in [1.29, 1.82) is 0 Å². The van der Waals surface area contributed by atoms with Gasteiger partial charge in [-0.15, -0.1) is 0 Å². The van der Waals surface area contributed by atoms with Crippen LogP contribution in [0, 0.1) is 0 Å². The third-order valence-electron chi connectivity index (χ3n) is 5.52. The van der Waals surface area contributed by atoms with Gasteiger partial charge in [-0.3, -0.25) is 0 Å². The van der Waals surface area contributed by atoms with Gasteiger partial charge < -0.3 is 8.82 Å². The van der Waals surface area contributed by atoms with E-state index >= 15 is 0 Å². The molecule has 0 radical (unpaired) electrons. The predicted octanol–water partition coefficient (Wildman–Crippen LogP) is 5.53. The van der Waals surface area contributed by atoms with Crippen molar-refractivity contribution in [3.05, 3.63) is 67.2 Å². The maximum absolute atomic E-state index is 5.68. The molecule has 0 spiro atoms. The van der Waals surface area contributed by atoms with Crippen molar-refractivity contribution in [1.82, 2.24) is 14.4 Å². The van der Waals surface area contributed by atoms with E-state index in [1.54, 1.807) is 12.6 Å². The fourth-order valence-corrected chi connectivity index (χ4v) is 4.50. The van der Waals surface area contributed by atoms with E-state index in [9.17, 15) is 0 Å². The number of para-hydroxylation sites is 1. The molecule has 0 aliphatic heterocycles. The summed E-state index contributed by atoms with van der Waals surface area (Å²) in [4.78, 5) is 9.19. The summed E-state index contributed by atoms with van der Waals surface area (Å²) in [7, 11) is 0. The second-order valence-electron chi connectivity index (χ2n) is 6.72. The Labute approximate surface area is 146 Å². The van der Waals surface area contributed by atoms with Crippen LogP contribution in [0.4, 0.5) is 0 Å². The van der Waals surface area contributed by atoms with Crippen LogP contribution in [0.2, 0.25) is 0 Å². The van der Waals surface area contributed by atoms with Gasteiger partial charge in [0, 0.05) is 21.5 Å². The molecular weight excluding hydrogens is 322 g/mol. The fraction of sp³-hybridized carbons (Fsp3) is 0. The van der Waals surface area contributed by atoms with Gasteiger partial charge in [0.15, 0.2) is 0 Å². The van der Waals surface area contributed by atoms with Crippen molar-refractivity contribution in [3.8, 4) is 0 Å².